The number of nitrogens with zero attached hydrogens (tertiary/aromatic N) is 1. The highest BCUT2D eigenvalue weighted by Gasteiger charge is 2.30. The summed E-state index contributed by atoms with van der Waals surface area (Å²) in [4.78, 5) is 18.2. The first-order valence-electron chi connectivity index (χ1n) is 10.2. The predicted octanol–water partition coefficient (Wildman–Crippen LogP) is 5.45. The minimum atomic E-state index is -0.395. The summed E-state index contributed by atoms with van der Waals surface area (Å²) in [5.74, 6) is 1.63. The highest BCUT2D eigenvalue weighted by Crippen LogP contribution is 2.35. The van der Waals surface area contributed by atoms with Gasteiger partial charge in [-0.2, -0.15) is 0 Å². The number of nitrogens with one attached hydrogen (secondary N) is 2. The molecule has 1 aliphatic rings. The molecule has 2 aromatic carbocycles. The number of unbranched alkanes of at least 4 members (excludes halogenated alkanes) is 1. The Kier molecular flexibility index (Phi) is 7.57. The minimum absolute atomic E-state index is 0.155. The number of ether oxygens (including phenoxy) is 1. The number of hydrogen-bond donors (Lipinski definition) is 2. The number of thioether (sulfide) groups is 1. The zero-order valence-electron chi connectivity index (χ0n) is 18.0. The molecule has 0 aromatic heterocycles. The summed E-state index contributed by atoms with van der Waals surface area (Å²) in [6.07, 6.45) is 2.26. The first-order valence-corrected chi connectivity index (χ1v) is 11.2. The van der Waals surface area contributed by atoms with Gasteiger partial charge in [-0.1, -0.05) is 55.4 Å². The maximum Gasteiger partial charge on any atom is 0.255 e. The number of amidine groups is 1. The zero-order chi connectivity index (χ0) is 21.5. The highest BCUT2D eigenvalue weighted by molar-refractivity contribution is 8.13. The topological polar surface area (TPSA) is 62.7 Å². The van der Waals surface area contributed by atoms with Crippen LogP contribution in [0.2, 0.25) is 0 Å². The lowest BCUT2D eigenvalue weighted by molar-refractivity contribution is -0.113. The van der Waals surface area contributed by atoms with E-state index in [1.54, 1.807) is 18.9 Å². The van der Waals surface area contributed by atoms with E-state index in [-0.39, 0.29) is 5.91 Å². The molecule has 0 radical (unpaired) electrons. The molecule has 1 atom stereocenters. The van der Waals surface area contributed by atoms with Crippen LogP contribution in [0.4, 0.5) is 5.69 Å². The van der Waals surface area contributed by atoms with Gasteiger partial charge in [-0.05, 0) is 49.6 Å². The van der Waals surface area contributed by atoms with Crippen molar-refractivity contribution in [2.45, 2.75) is 39.7 Å². The molecule has 5 nitrogen and oxygen atoms in total. The molecule has 0 fully saturated rings. The van der Waals surface area contributed by atoms with E-state index >= 15 is 0 Å². The SMILES string of the molecule is CCCCSC1=N[C@@H](c2ccc(C)c(OC)c2)C(C(=O)Nc2ccccc2)=C(C)N1. The van der Waals surface area contributed by atoms with Crippen molar-refractivity contribution in [2.24, 2.45) is 4.99 Å². The van der Waals surface area contributed by atoms with Crippen molar-refractivity contribution in [3.63, 3.8) is 0 Å². The van der Waals surface area contributed by atoms with Crippen molar-refractivity contribution < 1.29 is 9.53 Å². The molecule has 6 heteroatoms. The lowest BCUT2D eigenvalue weighted by Gasteiger charge is -2.27. The number of methoxy groups -OCH3 is 1. The van der Waals surface area contributed by atoms with E-state index in [2.05, 4.69) is 17.6 Å². The molecular formula is C24H29N3O2S. The average Bonchev–Trinajstić information content (AvgIpc) is 2.74. The van der Waals surface area contributed by atoms with E-state index in [0.717, 1.165) is 52.0 Å². The van der Waals surface area contributed by atoms with Crippen LogP contribution in [0, 0.1) is 6.92 Å². The lowest BCUT2D eigenvalue weighted by atomic mass is 9.94. The second kappa shape index (κ2) is 10.3. The zero-order valence-corrected chi connectivity index (χ0v) is 18.8. The van der Waals surface area contributed by atoms with Crippen LogP contribution in [0.1, 0.15) is 43.9 Å². The summed E-state index contributed by atoms with van der Waals surface area (Å²) >= 11 is 1.70. The first-order chi connectivity index (χ1) is 14.5. The summed E-state index contributed by atoms with van der Waals surface area (Å²) in [6.45, 7) is 6.12. The first kappa shape index (κ1) is 22.0. The molecule has 1 heterocycles. The standard InChI is InChI=1S/C24H29N3O2S/c1-5-6-14-30-24-25-17(3)21(23(28)26-19-10-8-7-9-11-19)22(27-24)18-13-12-16(2)20(15-18)29-4/h7-13,15,22H,5-6,14H2,1-4H3,(H,25,27)(H,26,28)/t22-/m0/s1. The van der Waals surface area contributed by atoms with Gasteiger partial charge in [0.25, 0.3) is 5.91 Å². The van der Waals surface area contributed by atoms with Gasteiger partial charge in [-0.25, -0.2) is 4.99 Å². The van der Waals surface area contributed by atoms with E-state index in [1.165, 1.54) is 0 Å². The molecule has 30 heavy (non-hydrogen) atoms. The fourth-order valence-corrected chi connectivity index (χ4v) is 4.33. The molecule has 3 rings (SSSR count). The molecule has 0 spiro atoms. The average molecular weight is 424 g/mol. The fourth-order valence-electron chi connectivity index (χ4n) is 3.30. The third kappa shape index (κ3) is 5.25. The largest absolute Gasteiger partial charge is 0.496 e. The number of amides is 1. The minimum Gasteiger partial charge on any atom is -0.496 e. The number of para-hydroxylation sites is 1. The van der Waals surface area contributed by atoms with Crippen LogP contribution in [-0.4, -0.2) is 23.9 Å². The van der Waals surface area contributed by atoms with Crippen LogP contribution in [0.3, 0.4) is 0 Å². The normalized spacial score (nSPS) is 16.0. The van der Waals surface area contributed by atoms with Crippen molar-refractivity contribution in [2.75, 3.05) is 18.2 Å². The molecule has 0 saturated heterocycles. The Hall–Kier alpha value is -2.73. The van der Waals surface area contributed by atoms with Gasteiger partial charge >= 0.3 is 0 Å². The number of rotatable bonds is 7. The van der Waals surface area contributed by atoms with E-state index in [4.69, 9.17) is 9.73 Å². The fraction of sp³-hybridized carbons (Fsp3) is 0.333. The number of benzene rings is 2. The summed E-state index contributed by atoms with van der Waals surface area (Å²) in [7, 11) is 1.66. The number of carbonyl (C=O) groups is 1. The second-order valence-corrected chi connectivity index (χ2v) is 8.34. The molecule has 1 amide bonds. The Labute approximate surface area is 183 Å². The molecule has 0 saturated carbocycles. The summed E-state index contributed by atoms with van der Waals surface area (Å²) in [5, 5.41) is 7.19. The molecule has 0 unspecified atom stereocenters. The summed E-state index contributed by atoms with van der Waals surface area (Å²) < 4.78 is 5.52. The van der Waals surface area contributed by atoms with Gasteiger partial charge < -0.3 is 15.4 Å². The number of carbonyl (C=O) groups excluding carboxylic acids is 1. The summed E-state index contributed by atoms with van der Waals surface area (Å²) in [5.41, 5.74) is 4.18. The van der Waals surface area contributed by atoms with Crippen LogP contribution >= 0.6 is 11.8 Å². The number of anilines is 1. The van der Waals surface area contributed by atoms with Gasteiger partial charge in [0, 0.05) is 17.1 Å². The van der Waals surface area contributed by atoms with E-state index in [9.17, 15) is 4.79 Å². The Balaban J connectivity index is 1.96. The van der Waals surface area contributed by atoms with Crippen molar-refractivity contribution in [3.05, 3.63) is 70.9 Å². The van der Waals surface area contributed by atoms with Crippen LogP contribution in [0.5, 0.6) is 5.75 Å². The maximum atomic E-state index is 13.2. The lowest BCUT2D eigenvalue weighted by Crippen LogP contribution is -2.32. The summed E-state index contributed by atoms with van der Waals surface area (Å²) in [6, 6.07) is 15.1. The van der Waals surface area contributed by atoms with Crippen LogP contribution in [-0.2, 0) is 4.79 Å². The van der Waals surface area contributed by atoms with E-state index in [0.29, 0.717) is 5.57 Å². The third-order valence-corrected chi connectivity index (χ3v) is 5.95. The molecule has 0 bridgehead atoms. The predicted molar refractivity (Wildman–Crippen MR) is 126 cm³/mol. The van der Waals surface area contributed by atoms with Gasteiger partial charge in [0.2, 0.25) is 0 Å². The van der Waals surface area contributed by atoms with Gasteiger partial charge in [0.05, 0.1) is 12.7 Å². The van der Waals surface area contributed by atoms with E-state index < -0.39 is 6.04 Å². The van der Waals surface area contributed by atoms with Gasteiger partial charge in [-0.15, -0.1) is 0 Å². The molecule has 2 aromatic rings. The number of aryl methyl sites for hydroxylation is 1. The molecule has 158 valence electrons. The monoisotopic (exact) mass is 423 g/mol. The molecule has 2 N–H and O–H groups in total. The Morgan fingerprint density at radius 3 is 2.67 bits per heavy atom. The Morgan fingerprint density at radius 1 is 1.20 bits per heavy atom. The van der Waals surface area contributed by atoms with Crippen LogP contribution < -0.4 is 15.4 Å². The van der Waals surface area contributed by atoms with E-state index in [1.807, 2.05) is 62.4 Å². The smallest absolute Gasteiger partial charge is 0.255 e. The quantitative estimate of drug-likeness (QED) is 0.581. The van der Waals surface area contributed by atoms with Crippen LogP contribution in [0.15, 0.2) is 64.8 Å². The van der Waals surface area contributed by atoms with Crippen molar-refractivity contribution >= 4 is 28.5 Å². The third-order valence-electron chi connectivity index (χ3n) is 4.98. The van der Waals surface area contributed by atoms with Crippen molar-refractivity contribution in [3.8, 4) is 5.75 Å². The van der Waals surface area contributed by atoms with Crippen molar-refractivity contribution in [1.29, 1.82) is 0 Å². The Bertz CT molecular complexity index is 954. The number of hydrogen-bond acceptors (Lipinski definition) is 5. The molecule has 1 aliphatic heterocycles. The van der Waals surface area contributed by atoms with Crippen molar-refractivity contribution in [1.82, 2.24) is 5.32 Å². The maximum absolute atomic E-state index is 13.2. The van der Waals surface area contributed by atoms with Crippen LogP contribution in [0.25, 0.3) is 0 Å². The number of allylic oxidation sites excluding steroid dienone is 1. The number of aliphatic imine (C=N–C) groups is 1. The molecule has 0 aliphatic carbocycles. The Morgan fingerprint density at radius 2 is 1.97 bits per heavy atom. The van der Waals surface area contributed by atoms with Gasteiger partial charge in [-0.3, -0.25) is 4.79 Å². The molecular weight excluding hydrogens is 394 g/mol. The highest BCUT2D eigenvalue weighted by atomic mass is 32.2. The van der Waals surface area contributed by atoms with Gasteiger partial charge in [0.1, 0.15) is 11.8 Å². The second-order valence-electron chi connectivity index (χ2n) is 7.25. The van der Waals surface area contributed by atoms with Gasteiger partial charge in [0.15, 0.2) is 5.17 Å².